The van der Waals surface area contributed by atoms with Crippen molar-refractivity contribution in [3.8, 4) is 0 Å². The highest BCUT2D eigenvalue weighted by Gasteiger charge is 2.23. The zero-order valence-corrected chi connectivity index (χ0v) is 35.3. The number of hydrogen-bond donors (Lipinski definition) is 4. The Kier molecular flexibility index (Phi) is 41.1. The average molecular weight is 846 g/mol. The van der Waals surface area contributed by atoms with E-state index in [2.05, 4.69) is 10.6 Å². The Morgan fingerprint density at radius 1 is 0.500 bits per heavy atom. The van der Waals surface area contributed by atoms with Gasteiger partial charge in [0, 0.05) is 19.5 Å². The van der Waals surface area contributed by atoms with E-state index in [1.54, 1.807) is 20.8 Å². The van der Waals surface area contributed by atoms with Crippen LogP contribution >= 0.6 is 0 Å². The van der Waals surface area contributed by atoms with Gasteiger partial charge in [-0.2, -0.15) is 0 Å². The summed E-state index contributed by atoms with van der Waals surface area (Å²) < 4.78 is 70.3. The molecule has 20 heteroatoms. The molecule has 0 aliphatic rings. The van der Waals surface area contributed by atoms with Crippen molar-refractivity contribution < 1.29 is 81.1 Å². The normalized spacial score (nSPS) is 12.1. The lowest BCUT2D eigenvalue weighted by atomic mass is 10.1. The van der Waals surface area contributed by atoms with Crippen LogP contribution < -0.4 is 16.4 Å². The van der Waals surface area contributed by atoms with Crippen LogP contribution in [0.4, 0.5) is 4.79 Å². The van der Waals surface area contributed by atoms with Crippen molar-refractivity contribution in [2.24, 2.45) is 5.73 Å². The fourth-order valence-corrected chi connectivity index (χ4v) is 4.27. The van der Waals surface area contributed by atoms with Gasteiger partial charge >= 0.3 is 12.1 Å². The molecule has 0 radical (unpaired) electrons. The van der Waals surface area contributed by atoms with Gasteiger partial charge in [-0.1, -0.05) is 0 Å². The number of carbonyl (C=O) groups excluding carboxylic acids is 2. The molecule has 1 atom stereocenters. The number of amides is 2. The first-order chi connectivity index (χ1) is 28.2. The lowest BCUT2D eigenvalue weighted by Crippen LogP contribution is -2.43. The third kappa shape index (κ3) is 44.8. The summed E-state index contributed by atoms with van der Waals surface area (Å²) >= 11 is 0. The van der Waals surface area contributed by atoms with Gasteiger partial charge in [-0.3, -0.25) is 4.79 Å². The third-order valence-electron chi connectivity index (χ3n) is 7.06. The molecule has 20 nitrogen and oxygen atoms in total. The fraction of sp³-hybridized carbons (Fsp3) is 0.921. The van der Waals surface area contributed by atoms with Gasteiger partial charge in [-0.05, 0) is 40.0 Å². The number of carboxylic acids is 1. The first-order valence-electron chi connectivity index (χ1n) is 20.3. The van der Waals surface area contributed by atoms with Crippen molar-refractivity contribution in [1.29, 1.82) is 0 Å². The van der Waals surface area contributed by atoms with Crippen molar-refractivity contribution in [2.75, 3.05) is 172 Å². The van der Waals surface area contributed by atoms with Crippen molar-refractivity contribution in [3.05, 3.63) is 0 Å². The average Bonchev–Trinajstić information content (AvgIpc) is 3.17. The van der Waals surface area contributed by atoms with E-state index >= 15 is 0 Å². The van der Waals surface area contributed by atoms with Crippen LogP contribution in [0.3, 0.4) is 0 Å². The number of hydrogen-bond acceptors (Lipinski definition) is 17. The van der Waals surface area contributed by atoms with Gasteiger partial charge in [0.1, 0.15) is 11.6 Å². The van der Waals surface area contributed by atoms with Gasteiger partial charge in [0.2, 0.25) is 5.91 Å². The van der Waals surface area contributed by atoms with Gasteiger partial charge < -0.3 is 83.1 Å². The van der Waals surface area contributed by atoms with Crippen LogP contribution in [0.2, 0.25) is 0 Å². The molecule has 0 aromatic rings. The number of alkyl carbamates (subject to hydrolysis) is 1. The van der Waals surface area contributed by atoms with Crippen LogP contribution in [-0.2, 0) is 71.2 Å². The summed E-state index contributed by atoms with van der Waals surface area (Å²) in [6, 6.07) is -1.06. The Morgan fingerprint density at radius 3 is 1.10 bits per heavy atom. The summed E-state index contributed by atoms with van der Waals surface area (Å²) in [6.07, 6.45) is 0.723. The van der Waals surface area contributed by atoms with Crippen LogP contribution in [0.1, 0.15) is 46.5 Å². The maximum Gasteiger partial charge on any atom is 0.408 e. The van der Waals surface area contributed by atoms with Crippen LogP contribution in [0.15, 0.2) is 0 Å². The minimum absolute atomic E-state index is 0.160. The summed E-state index contributed by atoms with van der Waals surface area (Å²) in [5, 5.41) is 14.4. The van der Waals surface area contributed by atoms with E-state index in [0.29, 0.717) is 178 Å². The summed E-state index contributed by atoms with van der Waals surface area (Å²) in [4.78, 5) is 35.2. The second-order valence-corrected chi connectivity index (χ2v) is 13.3. The predicted octanol–water partition coefficient (Wildman–Crippen LogP) is 0.799. The molecular weight excluding hydrogens is 770 g/mol. The Labute approximate surface area is 344 Å². The molecule has 58 heavy (non-hydrogen) atoms. The SMILES string of the molecule is CC(C)(C)OC(=O)N[C@H](CCCCNC(=O)CCOCCOCCOCCOCCOCCOCCOCCOCCOCCOCCOCCOCCN)C(=O)O. The standard InChI is InChI=1S/C38H75N3O17/c1-38(2,3)58-37(45)41-34(36(43)44)6-4-5-9-40-35(42)7-10-46-12-14-48-16-18-50-20-22-52-24-26-54-28-30-56-32-33-57-31-29-55-27-25-53-23-21-51-19-17-49-15-13-47-11-8-39/h34H,4-33,39H2,1-3H3,(H,40,42)(H,41,45)(H,43,44)/t34-/m1/s1. The second kappa shape index (κ2) is 42.8. The Balaban J connectivity index is 3.28. The molecular formula is C38H75N3O17. The zero-order valence-electron chi connectivity index (χ0n) is 35.3. The summed E-state index contributed by atoms with van der Waals surface area (Å²) in [6.45, 7) is 17.2. The molecule has 5 N–H and O–H groups in total. The number of rotatable bonds is 45. The molecule has 2 amide bonds. The molecule has 0 rings (SSSR count). The van der Waals surface area contributed by atoms with E-state index < -0.39 is 23.7 Å². The maximum atomic E-state index is 12.0. The number of unbranched alkanes of at least 4 members (excludes halogenated alkanes) is 1. The molecule has 0 saturated heterocycles. The van der Waals surface area contributed by atoms with Crippen molar-refractivity contribution in [3.63, 3.8) is 0 Å². The van der Waals surface area contributed by atoms with E-state index in [9.17, 15) is 19.5 Å². The molecule has 0 unspecified atom stereocenters. The van der Waals surface area contributed by atoms with Crippen molar-refractivity contribution >= 4 is 18.0 Å². The fourth-order valence-electron chi connectivity index (χ4n) is 4.27. The Bertz CT molecular complexity index is 933. The second-order valence-electron chi connectivity index (χ2n) is 13.3. The largest absolute Gasteiger partial charge is 0.480 e. The van der Waals surface area contributed by atoms with Gasteiger partial charge in [0.25, 0.3) is 0 Å². The highest BCUT2D eigenvalue weighted by molar-refractivity contribution is 5.80. The van der Waals surface area contributed by atoms with Crippen molar-refractivity contribution in [1.82, 2.24) is 10.6 Å². The van der Waals surface area contributed by atoms with Crippen LogP contribution in [0.5, 0.6) is 0 Å². The zero-order chi connectivity index (χ0) is 42.6. The Morgan fingerprint density at radius 2 is 0.810 bits per heavy atom. The summed E-state index contributed by atoms with van der Waals surface area (Å²) in [5.41, 5.74) is 4.61. The smallest absolute Gasteiger partial charge is 0.408 e. The molecule has 0 heterocycles. The molecule has 0 aromatic heterocycles. The highest BCUT2D eigenvalue weighted by Crippen LogP contribution is 2.08. The monoisotopic (exact) mass is 846 g/mol. The van der Waals surface area contributed by atoms with E-state index in [-0.39, 0.29) is 25.4 Å². The molecule has 0 fully saturated rings. The van der Waals surface area contributed by atoms with E-state index in [0.717, 1.165) is 0 Å². The number of aliphatic carboxylic acids is 1. The van der Waals surface area contributed by atoms with Crippen molar-refractivity contribution in [2.45, 2.75) is 58.1 Å². The molecule has 0 saturated carbocycles. The lowest BCUT2D eigenvalue weighted by molar-refractivity contribution is -0.139. The molecule has 0 aliphatic heterocycles. The Hall–Kier alpha value is -2.31. The molecule has 0 aliphatic carbocycles. The van der Waals surface area contributed by atoms with Gasteiger partial charge in [-0.25, -0.2) is 9.59 Å². The predicted molar refractivity (Wildman–Crippen MR) is 211 cm³/mol. The quantitative estimate of drug-likeness (QED) is 0.0620. The molecule has 0 aromatic carbocycles. The van der Waals surface area contributed by atoms with Gasteiger partial charge in [0.05, 0.1) is 159 Å². The lowest BCUT2D eigenvalue weighted by Gasteiger charge is -2.22. The summed E-state index contributed by atoms with van der Waals surface area (Å²) in [5.74, 6) is -1.30. The minimum atomic E-state index is -1.14. The molecule has 0 bridgehead atoms. The van der Waals surface area contributed by atoms with Crippen LogP contribution in [0, 0.1) is 0 Å². The number of carboxylic acid groups (broad SMARTS) is 1. The number of nitrogens with one attached hydrogen (secondary N) is 2. The summed E-state index contributed by atoms with van der Waals surface area (Å²) in [7, 11) is 0. The number of carbonyl (C=O) groups is 3. The maximum absolute atomic E-state index is 12.0. The number of ether oxygens (including phenoxy) is 13. The molecule has 0 spiro atoms. The van der Waals surface area contributed by atoms with Gasteiger partial charge in [0.15, 0.2) is 0 Å². The van der Waals surface area contributed by atoms with Gasteiger partial charge in [-0.15, -0.1) is 0 Å². The first kappa shape index (κ1) is 55.7. The van der Waals surface area contributed by atoms with E-state index in [1.807, 2.05) is 0 Å². The topological polar surface area (TPSA) is 242 Å². The first-order valence-corrected chi connectivity index (χ1v) is 20.3. The van der Waals surface area contributed by atoms with Crippen LogP contribution in [0.25, 0.3) is 0 Å². The van der Waals surface area contributed by atoms with E-state index in [4.69, 9.17) is 67.3 Å². The third-order valence-corrected chi connectivity index (χ3v) is 7.06. The van der Waals surface area contributed by atoms with Crippen LogP contribution in [-0.4, -0.2) is 206 Å². The van der Waals surface area contributed by atoms with E-state index in [1.165, 1.54) is 0 Å². The number of nitrogens with two attached hydrogens (primary N) is 1. The molecule has 344 valence electrons. The highest BCUT2D eigenvalue weighted by atomic mass is 16.6. The minimum Gasteiger partial charge on any atom is -0.480 e.